The Morgan fingerprint density at radius 3 is 2.44 bits per heavy atom. The molecule has 0 aliphatic heterocycles. The highest BCUT2D eigenvalue weighted by Gasteiger charge is 2.45. The van der Waals surface area contributed by atoms with Crippen LogP contribution < -0.4 is 10.1 Å². The second-order valence-corrected chi connectivity index (χ2v) is 10.8. The molecule has 36 heavy (non-hydrogen) atoms. The van der Waals surface area contributed by atoms with Crippen molar-refractivity contribution < 1.29 is 33.7 Å². The molecular weight excluding hydrogens is 462 g/mol. The fraction of sp³-hybridized carbons (Fsp3) is 0.679. The monoisotopic (exact) mass is 505 g/mol. The highest BCUT2D eigenvalue weighted by atomic mass is 16.6. The van der Waals surface area contributed by atoms with Gasteiger partial charge in [-0.3, -0.25) is 14.4 Å². The number of rotatable bonds is 14. The van der Waals surface area contributed by atoms with E-state index in [0.717, 1.165) is 24.8 Å². The maximum Gasteiger partial charge on any atom is 0.309 e. The smallest absolute Gasteiger partial charge is 0.309 e. The summed E-state index contributed by atoms with van der Waals surface area (Å²) in [5.41, 5.74) is -0.414. The first kappa shape index (κ1) is 29.6. The van der Waals surface area contributed by atoms with Crippen LogP contribution in [0.25, 0.3) is 0 Å². The van der Waals surface area contributed by atoms with E-state index in [2.05, 4.69) is 5.32 Å². The number of amides is 1. The van der Waals surface area contributed by atoms with Crippen LogP contribution in [0.3, 0.4) is 0 Å². The number of hydrogen-bond acceptors (Lipinski definition) is 6. The van der Waals surface area contributed by atoms with E-state index in [4.69, 9.17) is 14.2 Å². The molecule has 1 aromatic carbocycles. The number of carbonyl (C=O) groups excluding carboxylic acids is 2. The summed E-state index contributed by atoms with van der Waals surface area (Å²) in [6.45, 7) is 7.87. The van der Waals surface area contributed by atoms with E-state index in [9.17, 15) is 19.5 Å². The Labute approximate surface area is 215 Å². The molecule has 0 saturated heterocycles. The van der Waals surface area contributed by atoms with Crippen molar-refractivity contribution in [2.45, 2.75) is 97.3 Å². The molecule has 8 heteroatoms. The van der Waals surface area contributed by atoms with Gasteiger partial charge in [0.05, 0.1) is 44.1 Å². The Morgan fingerprint density at radius 1 is 1.17 bits per heavy atom. The van der Waals surface area contributed by atoms with Crippen LogP contribution in [-0.4, -0.2) is 48.3 Å². The average Bonchev–Trinajstić information content (AvgIpc) is 3.27. The number of carbonyl (C=O) groups is 3. The van der Waals surface area contributed by atoms with Gasteiger partial charge in [-0.25, -0.2) is 0 Å². The van der Waals surface area contributed by atoms with Crippen molar-refractivity contribution in [1.82, 2.24) is 5.32 Å². The minimum absolute atomic E-state index is 0.0653. The number of carboxylic acids is 1. The zero-order valence-corrected chi connectivity index (χ0v) is 22.4. The second kappa shape index (κ2) is 13.6. The normalized spacial score (nSPS) is 16.7. The van der Waals surface area contributed by atoms with Crippen LogP contribution in [-0.2, 0) is 30.5 Å². The van der Waals surface area contributed by atoms with E-state index in [0.29, 0.717) is 31.4 Å². The molecule has 0 spiro atoms. The first-order valence-electron chi connectivity index (χ1n) is 12.9. The summed E-state index contributed by atoms with van der Waals surface area (Å²) in [4.78, 5) is 38.0. The van der Waals surface area contributed by atoms with E-state index in [1.165, 1.54) is 0 Å². The van der Waals surface area contributed by atoms with Crippen molar-refractivity contribution >= 4 is 17.8 Å². The van der Waals surface area contributed by atoms with E-state index in [-0.39, 0.29) is 37.4 Å². The molecule has 0 heterocycles. The third-order valence-corrected chi connectivity index (χ3v) is 6.53. The van der Waals surface area contributed by atoms with E-state index in [1.807, 2.05) is 52.0 Å². The van der Waals surface area contributed by atoms with Gasteiger partial charge in [-0.1, -0.05) is 38.3 Å². The lowest BCUT2D eigenvalue weighted by Gasteiger charge is -2.33. The third kappa shape index (κ3) is 9.45. The lowest BCUT2D eigenvalue weighted by atomic mass is 9.75. The van der Waals surface area contributed by atoms with E-state index >= 15 is 0 Å². The molecular formula is C28H43NO7. The Morgan fingerprint density at radius 2 is 1.86 bits per heavy atom. The Hall–Kier alpha value is -2.61. The van der Waals surface area contributed by atoms with Crippen molar-refractivity contribution in [2.75, 3.05) is 13.7 Å². The number of esters is 1. The molecule has 0 unspecified atom stereocenters. The fourth-order valence-corrected chi connectivity index (χ4v) is 4.87. The highest BCUT2D eigenvalue weighted by molar-refractivity contribution is 5.85. The maximum absolute atomic E-state index is 13.6. The Kier molecular flexibility index (Phi) is 11.2. The number of benzene rings is 1. The summed E-state index contributed by atoms with van der Waals surface area (Å²) in [6.07, 6.45) is 4.76. The number of hydrogen-bond donors (Lipinski definition) is 2. The first-order valence-corrected chi connectivity index (χ1v) is 12.9. The summed E-state index contributed by atoms with van der Waals surface area (Å²) >= 11 is 0. The van der Waals surface area contributed by atoms with Gasteiger partial charge in [-0.2, -0.15) is 0 Å². The molecule has 1 amide bonds. The predicted octanol–water partition coefficient (Wildman–Crippen LogP) is 4.88. The number of carboxylic acid groups (broad SMARTS) is 1. The number of methoxy groups -OCH3 is 1. The van der Waals surface area contributed by atoms with Crippen molar-refractivity contribution in [3.63, 3.8) is 0 Å². The Balaban J connectivity index is 2.09. The molecule has 1 aliphatic carbocycles. The predicted molar refractivity (Wildman–Crippen MR) is 137 cm³/mol. The summed E-state index contributed by atoms with van der Waals surface area (Å²) < 4.78 is 16.7. The summed E-state index contributed by atoms with van der Waals surface area (Å²) in [7, 11) is 1.59. The Bertz CT molecular complexity index is 871. The zero-order chi connectivity index (χ0) is 26.8. The molecule has 2 atom stereocenters. The SMILES string of the molecule is CCC[C@@H](CC1(C(=O)N[C@@H](COCc2cccc(OC)c2)CC(=O)O)CCCC1)C(=O)OC(C)(C)C. The molecule has 1 fully saturated rings. The first-order chi connectivity index (χ1) is 17.0. The second-order valence-electron chi connectivity index (χ2n) is 10.8. The largest absolute Gasteiger partial charge is 0.497 e. The topological polar surface area (TPSA) is 111 Å². The quantitative estimate of drug-likeness (QED) is 0.347. The molecule has 1 saturated carbocycles. The summed E-state index contributed by atoms with van der Waals surface area (Å²) in [5.74, 6) is -1.14. The zero-order valence-electron chi connectivity index (χ0n) is 22.4. The van der Waals surface area contributed by atoms with Crippen LogP contribution in [0.4, 0.5) is 0 Å². The molecule has 0 aromatic heterocycles. The molecule has 0 radical (unpaired) electrons. The maximum atomic E-state index is 13.6. The summed E-state index contributed by atoms with van der Waals surface area (Å²) in [6, 6.07) is 6.76. The van der Waals surface area contributed by atoms with Crippen molar-refractivity contribution in [2.24, 2.45) is 11.3 Å². The van der Waals surface area contributed by atoms with Gasteiger partial charge in [0.2, 0.25) is 5.91 Å². The van der Waals surface area contributed by atoms with Gasteiger partial charge in [0.15, 0.2) is 0 Å². The molecule has 8 nitrogen and oxygen atoms in total. The van der Waals surface area contributed by atoms with Crippen LogP contribution in [0.5, 0.6) is 5.75 Å². The lowest BCUT2D eigenvalue weighted by Crippen LogP contribution is -2.48. The van der Waals surface area contributed by atoms with Gasteiger partial charge in [0.25, 0.3) is 0 Å². The van der Waals surface area contributed by atoms with Crippen molar-refractivity contribution in [3.05, 3.63) is 29.8 Å². The van der Waals surface area contributed by atoms with Gasteiger partial charge in [0, 0.05) is 0 Å². The van der Waals surface area contributed by atoms with Crippen LogP contribution in [0.2, 0.25) is 0 Å². The molecule has 1 aromatic rings. The van der Waals surface area contributed by atoms with E-state index < -0.39 is 23.0 Å². The molecule has 1 aliphatic rings. The highest BCUT2D eigenvalue weighted by Crippen LogP contribution is 2.45. The summed E-state index contributed by atoms with van der Waals surface area (Å²) in [5, 5.41) is 12.4. The van der Waals surface area contributed by atoms with Gasteiger partial charge in [-0.15, -0.1) is 0 Å². The van der Waals surface area contributed by atoms with Crippen LogP contribution in [0.1, 0.15) is 84.6 Å². The van der Waals surface area contributed by atoms with E-state index in [1.54, 1.807) is 7.11 Å². The van der Waals surface area contributed by atoms with Crippen LogP contribution in [0, 0.1) is 11.3 Å². The molecule has 202 valence electrons. The molecule has 0 bridgehead atoms. The van der Waals surface area contributed by atoms with Crippen LogP contribution >= 0.6 is 0 Å². The van der Waals surface area contributed by atoms with Gasteiger partial charge >= 0.3 is 11.9 Å². The van der Waals surface area contributed by atoms with Crippen molar-refractivity contribution in [1.29, 1.82) is 0 Å². The molecule has 2 N–H and O–H groups in total. The number of nitrogens with one attached hydrogen (secondary N) is 1. The third-order valence-electron chi connectivity index (χ3n) is 6.53. The standard InChI is InChI=1S/C28H43NO7/c1-6-10-21(25(32)36-27(2,3)4)17-28(13-7-8-14-28)26(33)29-22(16-24(30)31)19-35-18-20-11-9-12-23(15-20)34-5/h9,11-12,15,21-22H,6-8,10,13-14,16-19H2,1-5H3,(H,29,33)(H,30,31)/t21-,22+/m0/s1. The minimum Gasteiger partial charge on any atom is -0.497 e. The van der Waals surface area contributed by atoms with Crippen molar-refractivity contribution in [3.8, 4) is 5.75 Å². The van der Waals surface area contributed by atoms with Crippen LogP contribution in [0.15, 0.2) is 24.3 Å². The number of aliphatic carboxylic acids is 1. The van der Waals surface area contributed by atoms with Gasteiger partial charge < -0.3 is 24.6 Å². The minimum atomic E-state index is -1.01. The van der Waals surface area contributed by atoms with Gasteiger partial charge in [0.1, 0.15) is 11.4 Å². The molecule has 2 rings (SSSR count). The number of ether oxygens (including phenoxy) is 3. The fourth-order valence-electron chi connectivity index (χ4n) is 4.87. The van der Waals surface area contributed by atoms with Gasteiger partial charge in [-0.05, 0) is 64.2 Å². The average molecular weight is 506 g/mol. The lowest BCUT2D eigenvalue weighted by molar-refractivity contribution is -0.162.